The molecule has 0 aliphatic carbocycles. The zero-order valence-corrected chi connectivity index (χ0v) is 27.6. The predicted molar refractivity (Wildman–Crippen MR) is 207 cm³/mol. The zero-order valence-electron chi connectivity index (χ0n) is 26.7. The van der Waals surface area contributed by atoms with Gasteiger partial charge in [-0.05, 0) is 70.8 Å². The minimum Gasteiger partial charge on any atom is -0.455 e. The van der Waals surface area contributed by atoms with Crippen molar-refractivity contribution in [2.75, 3.05) is 0 Å². The van der Waals surface area contributed by atoms with E-state index in [4.69, 9.17) is 19.4 Å². The second-order valence-electron chi connectivity index (χ2n) is 12.4. The number of para-hydroxylation sites is 2. The largest absolute Gasteiger partial charge is 0.455 e. The van der Waals surface area contributed by atoms with Gasteiger partial charge in [0.1, 0.15) is 11.2 Å². The van der Waals surface area contributed by atoms with E-state index in [0.29, 0.717) is 17.5 Å². The average molecular weight is 658 g/mol. The maximum absolute atomic E-state index is 6.45. The minimum absolute atomic E-state index is 0.571. The summed E-state index contributed by atoms with van der Waals surface area (Å²) >= 11 is 1.80. The minimum atomic E-state index is 0.571. The molecule has 0 saturated carbocycles. The number of thiophene rings is 1. The summed E-state index contributed by atoms with van der Waals surface area (Å²) in [5, 5.41) is 4.54. The van der Waals surface area contributed by atoms with Crippen LogP contribution in [0.3, 0.4) is 0 Å². The Kier molecular flexibility index (Phi) is 6.64. The van der Waals surface area contributed by atoms with E-state index in [9.17, 15) is 0 Å². The molecule has 0 fully saturated rings. The van der Waals surface area contributed by atoms with Crippen LogP contribution in [0.2, 0.25) is 0 Å². The van der Waals surface area contributed by atoms with Crippen LogP contribution in [-0.4, -0.2) is 15.0 Å². The number of nitrogens with zero attached hydrogens (tertiary/aromatic N) is 3. The van der Waals surface area contributed by atoms with Gasteiger partial charge in [-0.3, -0.25) is 0 Å². The van der Waals surface area contributed by atoms with Gasteiger partial charge in [-0.1, -0.05) is 115 Å². The molecule has 3 aromatic heterocycles. The number of rotatable bonds is 5. The molecule has 50 heavy (non-hydrogen) atoms. The monoisotopic (exact) mass is 657 g/mol. The molecule has 0 amide bonds. The van der Waals surface area contributed by atoms with Crippen molar-refractivity contribution in [3.63, 3.8) is 0 Å². The molecule has 10 rings (SSSR count). The van der Waals surface area contributed by atoms with Gasteiger partial charge in [-0.25, -0.2) is 15.0 Å². The van der Waals surface area contributed by atoms with E-state index in [1.165, 1.54) is 31.3 Å². The lowest BCUT2D eigenvalue weighted by atomic mass is 9.98. The first-order valence-corrected chi connectivity index (χ1v) is 17.4. The van der Waals surface area contributed by atoms with Gasteiger partial charge in [0.2, 0.25) is 0 Å². The summed E-state index contributed by atoms with van der Waals surface area (Å²) in [6.45, 7) is 0. The molecule has 0 unspecified atom stereocenters. The lowest BCUT2D eigenvalue weighted by molar-refractivity contribution is 0.669. The van der Waals surface area contributed by atoms with Crippen LogP contribution < -0.4 is 0 Å². The SMILES string of the molecule is c1ccc(-c2cccc(-c3cccc(-c4nc(-c5ccc6sc7ccccc7c6c5)nc(-c5cccc6c5oc5ccccc56)n4)c3)c2)cc1. The number of hydrogen-bond donors (Lipinski definition) is 0. The van der Waals surface area contributed by atoms with Crippen LogP contribution in [0.15, 0.2) is 168 Å². The fraction of sp³-hybridized carbons (Fsp3) is 0. The first-order chi connectivity index (χ1) is 24.7. The van der Waals surface area contributed by atoms with E-state index in [-0.39, 0.29) is 0 Å². The smallest absolute Gasteiger partial charge is 0.167 e. The summed E-state index contributed by atoms with van der Waals surface area (Å²) in [4.78, 5) is 15.4. The maximum atomic E-state index is 6.45. The number of fused-ring (bicyclic) bond motifs is 6. The van der Waals surface area contributed by atoms with Crippen LogP contribution in [0, 0.1) is 0 Å². The van der Waals surface area contributed by atoms with Crippen LogP contribution in [-0.2, 0) is 0 Å². The van der Waals surface area contributed by atoms with Gasteiger partial charge in [-0.2, -0.15) is 0 Å². The molecule has 4 nitrogen and oxygen atoms in total. The van der Waals surface area contributed by atoms with Gasteiger partial charge in [0.05, 0.1) is 5.56 Å². The second kappa shape index (κ2) is 11.6. The Bertz CT molecular complexity index is 2890. The van der Waals surface area contributed by atoms with Crippen molar-refractivity contribution in [3.8, 4) is 56.4 Å². The fourth-order valence-corrected chi connectivity index (χ4v) is 7.98. The summed E-state index contributed by atoms with van der Waals surface area (Å²) in [5.41, 5.74) is 8.87. The highest BCUT2D eigenvalue weighted by Gasteiger charge is 2.18. The molecule has 0 aliphatic heterocycles. The van der Waals surface area contributed by atoms with Gasteiger partial charge < -0.3 is 4.42 Å². The molecule has 10 aromatic rings. The molecule has 0 aliphatic rings. The quantitative estimate of drug-likeness (QED) is 0.185. The summed E-state index contributed by atoms with van der Waals surface area (Å²) in [5.74, 6) is 1.79. The second-order valence-corrected chi connectivity index (χ2v) is 13.5. The van der Waals surface area contributed by atoms with Crippen LogP contribution >= 0.6 is 11.3 Å². The highest BCUT2D eigenvalue weighted by Crippen LogP contribution is 2.38. The first kappa shape index (κ1) is 28.6. The van der Waals surface area contributed by atoms with Crippen molar-refractivity contribution in [1.82, 2.24) is 15.0 Å². The van der Waals surface area contributed by atoms with E-state index < -0.39 is 0 Å². The third-order valence-corrected chi connectivity index (χ3v) is 10.5. The van der Waals surface area contributed by atoms with E-state index in [0.717, 1.165) is 49.8 Å². The Hall–Kier alpha value is -6.43. The Labute approximate surface area is 292 Å². The molecule has 0 spiro atoms. The highest BCUT2D eigenvalue weighted by atomic mass is 32.1. The van der Waals surface area contributed by atoms with Crippen molar-refractivity contribution in [2.24, 2.45) is 0 Å². The van der Waals surface area contributed by atoms with E-state index in [1.807, 2.05) is 36.4 Å². The third kappa shape index (κ3) is 4.87. The Morgan fingerprint density at radius 2 is 0.920 bits per heavy atom. The molecule has 0 bridgehead atoms. The van der Waals surface area contributed by atoms with Gasteiger partial charge in [0.15, 0.2) is 17.5 Å². The van der Waals surface area contributed by atoms with Crippen molar-refractivity contribution in [1.29, 1.82) is 0 Å². The summed E-state index contributed by atoms with van der Waals surface area (Å²) < 4.78 is 8.95. The fourth-order valence-electron chi connectivity index (χ4n) is 6.89. The van der Waals surface area contributed by atoms with Crippen molar-refractivity contribution >= 4 is 53.4 Å². The topological polar surface area (TPSA) is 51.8 Å². The van der Waals surface area contributed by atoms with E-state index >= 15 is 0 Å². The van der Waals surface area contributed by atoms with Gasteiger partial charge >= 0.3 is 0 Å². The summed E-state index contributed by atoms with van der Waals surface area (Å²) in [6.07, 6.45) is 0. The van der Waals surface area contributed by atoms with E-state index in [2.05, 4.69) is 127 Å². The van der Waals surface area contributed by atoms with Crippen LogP contribution in [0.4, 0.5) is 0 Å². The van der Waals surface area contributed by atoms with Gasteiger partial charge in [0, 0.05) is 42.1 Å². The normalized spacial score (nSPS) is 11.6. The molecule has 234 valence electrons. The van der Waals surface area contributed by atoms with Crippen molar-refractivity contribution in [2.45, 2.75) is 0 Å². The summed E-state index contributed by atoms with van der Waals surface area (Å²) in [7, 11) is 0. The summed E-state index contributed by atoms with van der Waals surface area (Å²) in [6, 6.07) is 56.9. The maximum Gasteiger partial charge on any atom is 0.167 e. The molecule has 3 heterocycles. The zero-order chi connectivity index (χ0) is 33.0. The molecule has 0 radical (unpaired) electrons. The Morgan fingerprint density at radius 3 is 1.74 bits per heavy atom. The number of aromatic nitrogens is 3. The standard InChI is InChI=1S/C45H27N3OS/c1-2-11-28(12-3-1)29-13-8-14-30(25-29)31-15-9-16-32(26-31)43-46-44(33-23-24-41-38(27-33)35-18-5-7-22-40(35)50-41)48-45(47-43)37-20-10-19-36-34-17-4-6-21-39(34)49-42(36)37/h1-27H. The Balaban J connectivity index is 1.16. The average Bonchev–Trinajstić information content (AvgIpc) is 3.76. The lowest BCUT2D eigenvalue weighted by Gasteiger charge is -2.11. The molecule has 0 saturated heterocycles. The van der Waals surface area contributed by atoms with Crippen molar-refractivity contribution < 1.29 is 4.42 Å². The molecule has 0 atom stereocenters. The number of furan rings is 1. The van der Waals surface area contributed by atoms with Crippen LogP contribution in [0.5, 0.6) is 0 Å². The van der Waals surface area contributed by atoms with Gasteiger partial charge in [-0.15, -0.1) is 11.3 Å². The Morgan fingerprint density at radius 1 is 0.360 bits per heavy atom. The number of benzene rings is 7. The lowest BCUT2D eigenvalue weighted by Crippen LogP contribution is -2.00. The molecule has 7 aromatic carbocycles. The molecular weight excluding hydrogens is 631 g/mol. The van der Waals surface area contributed by atoms with E-state index in [1.54, 1.807) is 11.3 Å². The van der Waals surface area contributed by atoms with Gasteiger partial charge in [0.25, 0.3) is 0 Å². The van der Waals surface area contributed by atoms with Crippen molar-refractivity contribution in [3.05, 3.63) is 164 Å². The predicted octanol–water partition coefficient (Wildman–Crippen LogP) is 12.5. The molecular formula is C45H27N3OS. The van der Waals surface area contributed by atoms with Crippen LogP contribution in [0.1, 0.15) is 0 Å². The third-order valence-electron chi connectivity index (χ3n) is 9.34. The van der Waals surface area contributed by atoms with Crippen LogP contribution in [0.25, 0.3) is 98.5 Å². The first-order valence-electron chi connectivity index (χ1n) is 16.6. The highest BCUT2D eigenvalue weighted by molar-refractivity contribution is 7.25. The molecule has 5 heteroatoms. The number of hydrogen-bond acceptors (Lipinski definition) is 5. The molecule has 0 N–H and O–H groups in total.